The van der Waals surface area contributed by atoms with Gasteiger partial charge in [-0.15, -0.1) is 11.3 Å². The van der Waals surface area contributed by atoms with E-state index in [9.17, 15) is 9.59 Å². The Balaban J connectivity index is 1.56. The quantitative estimate of drug-likeness (QED) is 0.598. The first-order chi connectivity index (χ1) is 13.6. The van der Waals surface area contributed by atoms with Gasteiger partial charge in [-0.05, 0) is 47.8 Å². The summed E-state index contributed by atoms with van der Waals surface area (Å²) in [6.45, 7) is 0. The molecule has 0 N–H and O–H groups in total. The fraction of sp³-hybridized carbons (Fsp3) is 0.143. The second-order valence-electron chi connectivity index (χ2n) is 6.66. The Morgan fingerprint density at radius 2 is 1.61 bits per heavy atom. The minimum absolute atomic E-state index is 0.255. The molecule has 5 rings (SSSR count). The molecule has 28 heavy (non-hydrogen) atoms. The number of amides is 2. The number of thiophene rings is 1. The predicted octanol–water partition coefficient (Wildman–Crippen LogP) is 4.45. The van der Waals surface area contributed by atoms with Gasteiger partial charge in [-0.25, -0.2) is 9.96 Å². The van der Waals surface area contributed by atoms with Gasteiger partial charge in [0.05, 0.1) is 11.4 Å². The Kier molecular flexibility index (Phi) is 4.19. The third-order valence-corrected chi connectivity index (χ3v) is 6.24. The van der Waals surface area contributed by atoms with Gasteiger partial charge in [0.25, 0.3) is 5.91 Å². The van der Waals surface area contributed by atoms with Crippen molar-refractivity contribution in [3.8, 4) is 0 Å². The smallest absolute Gasteiger partial charge is 0.266 e. The van der Waals surface area contributed by atoms with Gasteiger partial charge >= 0.3 is 0 Å². The fourth-order valence-electron chi connectivity index (χ4n) is 3.81. The maximum absolute atomic E-state index is 13.3. The van der Waals surface area contributed by atoms with Crippen LogP contribution in [0.25, 0.3) is 0 Å². The predicted molar refractivity (Wildman–Crippen MR) is 108 cm³/mol. The lowest BCUT2D eigenvalue weighted by Crippen LogP contribution is -2.37. The van der Waals surface area contributed by atoms with Crippen LogP contribution < -0.4 is 9.96 Å². The van der Waals surface area contributed by atoms with Crippen molar-refractivity contribution in [3.63, 3.8) is 0 Å². The highest BCUT2D eigenvalue weighted by Crippen LogP contribution is 2.48. The van der Waals surface area contributed by atoms with Crippen molar-refractivity contribution in [2.45, 2.75) is 12.1 Å². The Bertz CT molecular complexity index is 1020. The molecule has 5 nitrogen and oxygen atoms in total. The second kappa shape index (κ2) is 6.74. The first-order valence-electron chi connectivity index (χ1n) is 8.83. The molecule has 140 valence electrons. The van der Waals surface area contributed by atoms with E-state index in [-0.39, 0.29) is 17.9 Å². The molecule has 3 unspecified atom stereocenters. The van der Waals surface area contributed by atoms with E-state index in [1.54, 1.807) is 40.7 Å². The lowest BCUT2D eigenvalue weighted by atomic mass is 9.95. The number of anilines is 2. The number of para-hydroxylation sites is 1. The Morgan fingerprint density at radius 1 is 0.857 bits per heavy atom. The normalized spacial score (nSPS) is 24.1. The maximum Gasteiger partial charge on any atom is 0.266 e. The number of hydroxylamine groups is 1. The summed E-state index contributed by atoms with van der Waals surface area (Å²) in [5.74, 6) is -1.21. The first-order valence-corrected chi connectivity index (χ1v) is 10.1. The minimum atomic E-state index is -0.851. The van der Waals surface area contributed by atoms with Crippen LogP contribution in [0.1, 0.15) is 10.9 Å². The topological polar surface area (TPSA) is 49.9 Å². The summed E-state index contributed by atoms with van der Waals surface area (Å²) in [5, 5.41) is 4.21. The van der Waals surface area contributed by atoms with E-state index in [1.807, 2.05) is 47.8 Å². The Labute approximate surface area is 170 Å². The summed E-state index contributed by atoms with van der Waals surface area (Å²) in [5.41, 5.74) is 1.32. The van der Waals surface area contributed by atoms with Crippen LogP contribution in [-0.4, -0.2) is 17.9 Å². The lowest BCUT2D eigenvalue weighted by molar-refractivity contribution is -0.126. The third-order valence-electron chi connectivity index (χ3n) is 5.05. The summed E-state index contributed by atoms with van der Waals surface area (Å²) in [4.78, 5) is 34.7. The van der Waals surface area contributed by atoms with Crippen LogP contribution in [0.4, 0.5) is 11.4 Å². The standard InChI is InChI=1S/C21H15ClN2O3S/c22-13-8-10-14(11-9-13)23-20(25)17-18(16-7-4-12-28-16)24(27-19(17)21(23)26)15-5-2-1-3-6-15/h1-12,17-19H. The Morgan fingerprint density at radius 3 is 2.29 bits per heavy atom. The van der Waals surface area contributed by atoms with Crippen molar-refractivity contribution in [2.75, 3.05) is 9.96 Å². The highest BCUT2D eigenvalue weighted by atomic mass is 35.5. The Hall–Kier alpha value is -2.67. The van der Waals surface area contributed by atoms with Gasteiger partial charge in [0.15, 0.2) is 6.10 Å². The van der Waals surface area contributed by atoms with Gasteiger partial charge in [0.2, 0.25) is 5.91 Å². The van der Waals surface area contributed by atoms with Crippen molar-refractivity contribution in [1.29, 1.82) is 0 Å². The molecule has 1 aromatic heterocycles. The molecule has 7 heteroatoms. The van der Waals surface area contributed by atoms with E-state index in [1.165, 1.54) is 4.90 Å². The summed E-state index contributed by atoms with van der Waals surface area (Å²) in [6.07, 6.45) is -0.851. The maximum atomic E-state index is 13.3. The highest BCUT2D eigenvalue weighted by molar-refractivity contribution is 7.10. The summed E-state index contributed by atoms with van der Waals surface area (Å²) < 4.78 is 0. The lowest BCUT2D eigenvalue weighted by Gasteiger charge is -2.27. The molecule has 2 fully saturated rings. The monoisotopic (exact) mass is 410 g/mol. The molecule has 0 radical (unpaired) electrons. The number of imide groups is 1. The van der Waals surface area contributed by atoms with Crippen molar-refractivity contribution >= 4 is 46.1 Å². The zero-order valence-corrected chi connectivity index (χ0v) is 16.1. The van der Waals surface area contributed by atoms with Gasteiger partial charge < -0.3 is 0 Å². The van der Waals surface area contributed by atoms with Crippen LogP contribution in [0.3, 0.4) is 0 Å². The third kappa shape index (κ3) is 2.64. The largest absolute Gasteiger partial charge is 0.273 e. The number of halogens is 1. The van der Waals surface area contributed by atoms with Crippen molar-refractivity contribution in [3.05, 3.63) is 82.0 Å². The molecule has 2 aromatic carbocycles. The number of hydrogen-bond acceptors (Lipinski definition) is 5. The molecular formula is C21H15ClN2O3S. The zero-order valence-electron chi connectivity index (χ0n) is 14.6. The van der Waals surface area contributed by atoms with E-state index < -0.39 is 12.0 Å². The van der Waals surface area contributed by atoms with Gasteiger partial charge in [0, 0.05) is 9.90 Å². The van der Waals surface area contributed by atoms with Gasteiger partial charge in [0.1, 0.15) is 12.0 Å². The van der Waals surface area contributed by atoms with Gasteiger partial charge in [-0.1, -0.05) is 35.9 Å². The molecule has 3 atom stereocenters. The van der Waals surface area contributed by atoms with E-state index in [2.05, 4.69) is 0 Å². The van der Waals surface area contributed by atoms with Gasteiger partial charge in [-0.3, -0.25) is 14.4 Å². The van der Waals surface area contributed by atoms with E-state index in [0.29, 0.717) is 10.7 Å². The number of carbonyl (C=O) groups excluding carboxylic acids is 2. The van der Waals surface area contributed by atoms with E-state index in [4.69, 9.17) is 16.4 Å². The SMILES string of the molecule is O=C1C2ON(c3ccccc3)C(c3cccs3)C2C(=O)N1c1ccc(Cl)cc1. The molecule has 2 saturated heterocycles. The molecule has 2 amide bonds. The van der Waals surface area contributed by atoms with Crippen LogP contribution >= 0.6 is 22.9 Å². The number of rotatable bonds is 3. The molecule has 2 aliphatic rings. The molecule has 3 aromatic rings. The number of nitrogens with zero attached hydrogens (tertiary/aromatic N) is 2. The van der Waals surface area contributed by atoms with Crippen LogP contribution in [0, 0.1) is 5.92 Å². The van der Waals surface area contributed by atoms with Crippen LogP contribution in [0.2, 0.25) is 5.02 Å². The van der Waals surface area contributed by atoms with Crippen molar-refractivity contribution in [2.24, 2.45) is 5.92 Å². The summed E-state index contributed by atoms with van der Waals surface area (Å²) >= 11 is 7.49. The molecule has 3 heterocycles. The molecule has 0 saturated carbocycles. The van der Waals surface area contributed by atoms with Crippen molar-refractivity contribution < 1.29 is 14.4 Å². The van der Waals surface area contributed by atoms with Crippen LogP contribution in [0.5, 0.6) is 0 Å². The fourth-order valence-corrected chi connectivity index (χ4v) is 4.79. The van der Waals surface area contributed by atoms with Crippen molar-refractivity contribution in [1.82, 2.24) is 0 Å². The highest BCUT2D eigenvalue weighted by Gasteiger charge is 2.60. The first kappa shape index (κ1) is 17.4. The zero-order chi connectivity index (χ0) is 19.3. The number of benzene rings is 2. The molecular weight excluding hydrogens is 396 g/mol. The second-order valence-corrected chi connectivity index (χ2v) is 8.08. The van der Waals surface area contributed by atoms with E-state index in [0.717, 1.165) is 10.6 Å². The van der Waals surface area contributed by atoms with Crippen LogP contribution in [0.15, 0.2) is 72.1 Å². The average molecular weight is 411 g/mol. The number of hydrogen-bond donors (Lipinski definition) is 0. The summed E-state index contributed by atoms with van der Waals surface area (Å²) in [7, 11) is 0. The van der Waals surface area contributed by atoms with E-state index >= 15 is 0 Å². The van der Waals surface area contributed by atoms with Gasteiger partial charge in [-0.2, -0.15) is 0 Å². The number of carbonyl (C=O) groups is 2. The summed E-state index contributed by atoms with van der Waals surface area (Å²) in [6, 6.07) is 19.8. The average Bonchev–Trinajstić information content (AvgIpc) is 3.42. The molecule has 0 aliphatic carbocycles. The molecule has 2 aliphatic heterocycles. The van der Waals surface area contributed by atoms with Crippen LogP contribution in [-0.2, 0) is 14.4 Å². The molecule has 0 bridgehead atoms. The minimum Gasteiger partial charge on any atom is -0.273 e. The molecule has 0 spiro atoms. The number of fused-ring (bicyclic) bond motifs is 1.